The zero-order valence-corrected chi connectivity index (χ0v) is 11.8. The monoisotopic (exact) mass is 312 g/mol. The van der Waals surface area contributed by atoms with E-state index < -0.39 is 15.8 Å². The fourth-order valence-corrected chi connectivity index (χ4v) is 2.85. The Labute approximate surface area is 121 Å². The van der Waals surface area contributed by atoms with Gasteiger partial charge in [0.2, 0.25) is 0 Å². The molecule has 1 heterocycles. The number of nitrogens with one attached hydrogen (secondary N) is 2. The summed E-state index contributed by atoms with van der Waals surface area (Å²) in [5.74, 6) is 4.79. The summed E-state index contributed by atoms with van der Waals surface area (Å²) >= 11 is 0. The first-order valence-corrected chi connectivity index (χ1v) is 7.23. The number of ether oxygens (including phenoxy) is 1. The third-order valence-corrected chi connectivity index (χ3v) is 4.03. The van der Waals surface area contributed by atoms with Crippen LogP contribution >= 0.6 is 0 Å². The molecule has 7 nitrogen and oxygen atoms in total. The minimum absolute atomic E-state index is 0.0599. The summed E-state index contributed by atoms with van der Waals surface area (Å²) in [6, 6.07) is 4.86. The SMILES string of the molecule is COc1cc(F)ccc1NS(=O)(=O)c1cnccc1NN. The predicted octanol–water partition coefficient (Wildman–Crippen LogP) is 1.32. The van der Waals surface area contributed by atoms with E-state index in [-0.39, 0.29) is 22.0 Å². The predicted molar refractivity (Wildman–Crippen MR) is 75.8 cm³/mol. The third-order valence-electron chi connectivity index (χ3n) is 2.64. The highest BCUT2D eigenvalue weighted by Crippen LogP contribution is 2.29. The van der Waals surface area contributed by atoms with Crippen LogP contribution in [-0.2, 0) is 10.0 Å². The van der Waals surface area contributed by atoms with Gasteiger partial charge in [0.15, 0.2) is 0 Å². The normalized spacial score (nSPS) is 11.0. The molecule has 0 aliphatic carbocycles. The average molecular weight is 312 g/mol. The quantitative estimate of drug-likeness (QED) is 0.568. The van der Waals surface area contributed by atoms with Gasteiger partial charge in [0.25, 0.3) is 10.0 Å². The van der Waals surface area contributed by atoms with E-state index in [1.807, 2.05) is 0 Å². The van der Waals surface area contributed by atoms with Crippen molar-refractivity contribution in [3.05, 3.63) is 42.5 Å². The summed E-state index contributed by atoms with van der Waals surface area (Å²) in [6.07, 6.45) is 2.54. The van der Waals surface area contributed by atoms with Crippen LogP contribution in [0.15, 0.2) is 41.6 Å². The lowest BCUT2D eigenvalue weighted by atomic mass is 10.3. The maximum atomic E-state index is 13.1. The van der Waals surface area contributed by atoms with Gasteiger partial charge in [-0.15, -0.1) is 0 Å². The number of hydrazine groups is 1. The number of anilines is 2. The molecule has 112 valence electrons. The Bertz CT molecular complexity index is 752. The van der Waals surface area contributed by atoms with Gasteiger partial charge in [-0.05, 0) is 18.2 Å². The molecule has 0 fully saturated rings. The van der Waals surface area contributed by atoms with E-state index in [1.165, 1.54) is 25.4 Å². The van der Waals surface area contributed by atoms with Gasteiger partial charge >= 0.3 is 0 Å². The van der Waals surface area contributed by atoms with Crippen LogP contribution in [0.3, 0.4) is 0 Å². The van der Waals surface area contributed by atoms with Crippen LogP contribution in [0.1, 0.15) is 0 Å². The number of aromatic nitrogens is 1. The Morgan fingerprint density at radius 2 is 2.05 bits per heavy atom. The number of hydrogen-bond donors (Lipinski definition) is 3. The Kier molecular flexibility index (Phi) is 4.24. The van der Waals surface area contributed by atoms with Crippen molar-refractivity contribution in [3.8, 4) is 5.75 Å². The number of benzene rings is 1. The average Bonchev–Trinajstić information content (AvgIpc) is 2.48. The first-order chi connectivity index (χ1) is 9.97. The van der Waals surface area contributed by atoms with Crippen molar-refractivity contribution >= 4 is 21.4 Å². The van der Waals surface area contributed by atoms with Crippen LogP contribution in [0, 0.1) is 5.82 Å². The van der Waals surface area contributed by atoms with Crippen molar-refractivity contribution in [2.75, 3.05) is 17.3 Å². The molecule has 1 aromatic carbocycles. The van der Waals surface area contributed by atoms with Crippen molar-refractivity contribution in [1.29, 1.82) is 0 Å². The zero-order valence-electron chi connectivity index (χ0n) is 11.0. The lowest BCUT2D eigenvalue weighted by molar-refractivity contribution is 0.413. The highest BCUT2D eigenvalue weighted by atomic mass is 32.2. The van der Waals surface area contributed by atoms with E-state index in [2.05, 4.69) is 15.1 Å². The molecular formula is C12H13FN4O3S. The van der Waals surface area contributed by atoms with Crippen molar-refractivity contribution in [2.45, 2.75) is 4.90 Å². The van der Waals surface area contributed by atoms with Crippen LogP contribution < -0.4 is 20.7 Å². The number of sulfonamides is 1. The highest BCUT2D eigenvalue weighted by Gasteiger charge is 2.20. The molecule has 0 amide bonds. The maximum Gasteiger partial charge on any atom is 0.265 e. The largest absolute Gasteiger partial charge is 0.494 e. The van der Waals surface area contributed by atoms with Gasteiger partial charge in [0.05, 0.1) is 18.5 Å². The molecule has 0 aliphatic rings. The Balaban J connectivity index is 2.42. The first kappa shape index (κ1) is 15.0. The molecule has 0 saturated heterocycles. The van der Waals surface area contributed by atoms with Gasteiger partial charge in [0, 0.05) is 18.5 Å². The second kappa shape index (κ2) is 5.94. The molecule has 21 heavy (non-hydrogen) atoms. The van der Waals surface area contributed by atoms with Gasteiger partial charge in [-0.2, -0.15) is 0 Å². The Hall–Kier alpha value is -2.39. The smallest absolute Gasteiger partial charge is 0.265 e. The topological polar surface area (TPSA) is 106 Å². The molecule has 0 atom stereocenters. The molecule has 2 rings (SSSR count). The highest BCUT2D eigenvalue weighted by molar-refractivity contribution is 7.92. The molecule has 0 bridgehead atoms. The number of pyridine rings is 1. The Morgan fingerprint density at radius 3 is 2.71 bits per heavy atom. The number of methoxy groups -OCH3 is 1. The third kappa shape index (κ3) is 3.20. The lowest BCUT2D eigenvalue weighted by Gasteiger charge is -2.13. The molecule has 9 heteroatoms. The van der Waals surface area contributed by atoms with Crippen molar-refractivity contribution in [3.63, 3.8) is 0 Å². The molecule has 2 aromatic rings. The second-order valence-electron chi connectivity index (χ2n) is 3.97. The maximum absolute atomic E-state index is 13.1. The van der Waals surface area contributed by atoms with Crippen LogP contribution in [0.2, 0.25) is 0 Å². The summed E-state index contributed by atoms with van der Waals surface area (Å²) in [5, 5.41) is 0. The zero-order chi connectivity index (χ0) is 15.5. The standard InChI is InChI=1S/C12H13FN4O3S/c1-20-11-6-8(13)2-3-9(11)17-21(18,19)12-7-15-5-4-10(12)16-14/h2-7,17H,14H2,1H3,(H,15,16). The molecule has 4 N–H and O–H groups in total. The fraction of sp³-hybridized carbons (Fsp3) is 0.0833. The number of halogens is 1. The van der Waals surface area contributed by atoms with E-state index in [1.54, 1.807) is 0 Å². The van der Waals surface area contributed by atoms with Crippen LogP contribution in [0.25, 0.3) is 0 Å². The number of hydrogen-bond acceptors (Lipinski definition) is 6. The number of nitrogens with zero attached hydrogens (tertiary/aromatic N) is 1. The van der Waals surface area contributed by atoms with Crippen LogP contribution in [0.4, 0.5) is 15.8 Å². The van der Waals surface area contributed by atoms with E-state index in [4.69, 9.17) is 10.6 Å². The number of nitrogens with two attached hydrogens (primary N) is 1. The van der Waals surface area contributed by atoms with Crippen molar-refractivity contribution in [1.82, 2.24) is 4.98 Å². The van der Waals surface area contributed by atoms with E-state index >= 15 is 0 Å². The fourth-order valence-electron chi connectivity index (χ4n) is 1.66. The van der Waals surface area contributed by atoms with Gasteiger partial charge in [-0.3, -0.25) is 15.5 Å². The van der Waals surface area contributed by atoms with Crippen molar-refractivity contribution in [2.24, 2.45) is 5.84 Å². The summed E-state index contributed by atoms with van der Waals surface area (Å²) in [6.45, 7) is 0. The summed E-state index contributed by atoms with van der Waals surface area (Å²) < 4.78 is 45.0. The van der Waals surface area contributed by atoms with E-state index in [0.717, 1.165) is 18.3 Å². The molecule has 0 saturated carbocycles. The molecule has 0 spiro atoms. The Morgan fingerprint density at radius 1 is 1.29 bits per heavy atom. The van der Waals surface area contributed by atoms with Gasteiger partial charge in [-0.1, -0.05) is 0 Å². The summed E-state index contributed by atoms with van der Waals surface area (Å²) in [4.78, 5) is 3.61. The van der Waals surface area contributed by atoms with Gasteiger partial charge in [-0.25, -0.2) is 12.8 Å². The number of rotatable bonds is 5. The van der Waals surface area contributed by atoms with E-state index in [0.29, 0.717) is 0 Å². The lowest BCUT2D eigenvalue weighted by Crippen LogP contribution is -2.18. The number of nitrogen functional groups attached to an aromatic ring is 1. The minimum Gasteiger partial charge on any atom is -0.494 e. The van der Waals surface area contributed by atoms with E-state index in [9.17, 15) is 12.8 Å². The summed E-state index contributed by atoms with van der Waals surface area (Å²) in [7, 11) is -2.65. The van der Waals surface area contributed by atoms with Crippen LogP contribution in [0.5, 0.6) is 5.75 Å². The van der Waals surface area contributed by atoms with Gasteiger partial charge in [0.1, 0.15) is 16.5 Å². The summed E-state index contributed by atoms with van der Waals surface area (Å²) in [5.41, 5.74) is 2.56. The van der Waals surface area contributed by atoms with Crippen LogP contribution in [-0.4, -0.2) is 20.5 Å². The minimum atomic E-state index is -3.96. The van der Waals surface area contributed by atoms with Crippen molar-refractivity contribution < 1.29 is 17.5 Å². The molecule has 1 aromatic heterocycles. The molecule has 0 radical (unpaired) electrons. The molecule has 0 aliphatic heterocycles. The second-order valence-corrected chi connectivity index (χ2v) is 5.62. The molecule has 0 unspecified atom stereocenters. The first-order valence-electron chi connectivity index (χ1n) is 5.75. The molecular weight excluding hydrogens is 299 g/mol. The van der Waals surface area contributed by atoms with Gasteiger partial charge < -0.3 is 10.2 Å².